The van der Waals surface area contributed by atoms with Gasteiger partial charge in [0.05, 0.1) is 4.90 Å². The molecule has 7 heteroatoms. The number of amides is 1. The Morgan fingerprint density at radius 2 is 1.82 bits per heavy atom. The third-order valence-electron chi connectivity index (χ3n) is 3.86. The normalized spacial score (nSPS) is 18.9. The lowest BCUT2D eigenvalue weighted by Crippen LogP contribution is -2.37. The summed E-state index contributed by atoms with van der Waals surface area (Å²) in [4.78, 5) is 11.8. The summed E-state index contributed by atoms with van der Waals surface area (Å²) in [6.07, 6.45) is 1.78. The lowest BCUT2D eigenvalue weighted by molar-refractivity contribution is -0.115. The Morgan fingerprint density at radius 1 is 1.27 bits per heavy atom. The highest BCUT2D eigenvalue weighted by Gasteiger charge is 2.27. The van der Waals surface area contributed by atoms with E-state index in [4.69, 9.17) is 11.6 Å². The second-order valence-corrected chi connectivity index (χ2v) is 8.31. The van der Waals surface area contributed by atoms with Crippen molar-refractivity contribution in [1.82, 2.24) is 4.31 Å². The van der Waals surface area contributed by atoms with Gasteiger partial charge in [-0.25, -0.2) is 8.42 Å². The molecule has 0 bridgehead atoms. The van der Waals surface area contributed by atoms with Crippen molar-refractivity contribution in [3.8, 4) is 0 Å². The molecule has 1 aliphatic heterocycles. The van der Waals surface area contributed by atoms with E-state index in [1.165, 1.54) is 16.4 Å². The second-order valence-electron chi connectivity index (χ2n) is 5.72. The van der Waals surface area contributed by atoms with Gasteiger partial charge in [0.15, 0.2) is 0 Å². The highest BCUT2D eigenvalue weighted by molar-refractivity contribution is 7.89. The van der Waals surface area contributed by atoms with Crippen LogP contribution in [0.1, 0.15) is 26.7 Å². The number of rotatable bonds is 4. The molecule has 22 heavy (non-hydrogen) atoms. The third-order valence-corrected chi connectivity index (χ3v) is 5.97. The van der Waals surface area contributed by atoms with Crippen LogP contribution in [0.4, 0.5) is 5.69 Å². The topological polar surface area (TPSA) is 66.5 Å². The molecule has 1 atom stereocenters. The predicted molar refractivity (Wildman–Crippen MR) is 87.5 cm³/mol. The average Bonchev–Trinajstić information content (AvgIpc) is 2.48. The Labute approximate surface area is 136 Å². The molecular formula is C15H21ClN2O3S. The third kappa shape index (κ3) is 4.00. The van der Waals surface area contributed by atoms with Crippen molar-refractivity contribution in [3.05, 3.63) is 24.3 Å². The summed E-state index contributed by atoms with van der Waals surface area (Å²) in [7, 11) is -3.45. The van der Waals surface area contributed by atoms with E-state index in [-0.39, 0.29) is 10.8 Å². The van der Waals surface area contributed by atoms with Gasteiger partial charge < -0.3 is 5.32 Å². The lowest BCUT2D eigenvalue weighted by atomic mass is 10.0. The number of anilines is 1. The summed E-state index contributed by atoms with van der Waals surface area (Å²) in [6.45, 7) is 4.84. The SMILES string of the molecule is CC1CCN(S(=O)(=O)c2ccc(NC(=O)[C@@H](C)Cl)cc2)CC1. The molecule has 1 saturated heterocycles. The summed E-state index contributed by atoms with van der Waals surface area (Å²) in [5.74, 6) is 0.254. The summed E-state index contributed by atoms with van der Waals surface area (Å²) < 4.78 is 26.6. The minimum Gasteiger partial charge on any atom is -0.325 e. The van der Waals surface area contributed by atoms with E-state index in [1.54, 1.807) is 19.1 Å². The van der Waals surface area contributed by atoms with Gasteiger partial charge in [-0.15, -0.1) is 11.6 Å². The number of hydrogen-bond acceptors (Lipinski definition) is 3. The summed E-state index contributed by atoms with van der Waals surface area (Å²) >= 11 is 5.68. The van der Waals surface area contributed by atoms with Crippen molar-refractivity contribution in [2.24, 2.45) is 5.92 Å². The van der Waals surface area contributed by atoms with Crippen LogP contribution >= 0.6 is 11.6 Å². The van der Waals surface area contributed by atoms with Crippen LogP contribution in [-0.2, 0) is 14.8 Å². The standard InChI is InChI=1S/C15H21ClN2O3S/c1-11-7-9-18(10-8-11)22(20,21)14-5-3-13(4-6-14)17-15(19)12(2)16/h3-6,11-12H,7-10H2,1-2H3,(H,17,19)/t12-/m1/s1. The van der Waals surface area contributed by atoms with Gasteiger partial charge in [0.25, 0.3) is 0 Å². The molecular weight excluding hydrogens is 324 g/mol. The number of carbonyl (C=O) groups excluding carboxylic acids is 1. The van der Waals surface area contributed by atoms with Crippen molar-refractivity contribution in [2.45, 2.75) is 37.0 Å². The predicted octanol–water partition coefficient (Wildman–Crippen LogP) is 2.67. The van der Waals surface area contributed by atoms with Crippen LogP contribution in [0.2, 0.25) is 0 Å². The van der Waals surface area contributed by atoms with E-state index in [1.807, 2.05) is 0 Å². The van der Waals surface area contributed by atoms with Gasteiger partial charge in [-0.05, 0) is 49.9 Å². The number of piperidine rings is 1. The maximum absolute atomic E-state index is 12.6. The number of carbonyl (C=O) groups is 1. The highest BCUT2D eigenvalue weighted by Crippen LogP contribution is 2.24. The number of sulfonamides is 1. The first-order valence-corrected chi connectivity index (χ1v) is 9.23. The first kappa shape index (κ1) is 17.2. The van der Waals surface area contributed by atoms with Crippen molar-refractivity contribution in [2.75, 3.05) is 18.4 Å². The molecule has 0 saturated carbocycles. The maximum atomic E-state index is 12.6. The number of halogens is 1. The molecule has 1 heterocycles. The molecule has 0 unspecified atom stereocenters. The van der Waals surface area contributed by atoms with Gasteiger partial charge in [-0.3, -0.25) is 4.79 Å². The summed E-state index contributed by atoms with van der Waals surface area (Å²) in [5.41, 5.74) is 0.531. The number of hydrogen-bond donors (Lipinski definition) is 1. The molecule has 1 amide bonds. The highest BCUT2D eigenvalue weighted by atomic mass is 35.5. The van der Waals surface area contributed by atoms with Crippen LogP contribution in [0, 0.1) is 5.92 Å². The zero-order valence-corrected chi connectivity index (χ0v) is 14.3. The van der Waals surface area contributed by atoms with E-state index in [0.717, 1.165) is 12.8 Å². The van der Waals surface area contributed by atoms with Gasteiger partial charge >= 0.3 is 0 Å². The van der Waals surface area contributed by atoms with E-state index >= 15 is 0 Å². The largest absolute Gasteiger partial charge is 0.325 e. The fourth-order valence-electron chi connectivity index (χ4n) is 2.33. The average molecular weight is 345 g/mol. The van der Waals surface area contributed by atoms with E-state index in [2.05, 4.69) is 12.2 Å². The van der Waals surface area contributed by atoms with Crippen molar-refractivity contribution < 1.29 is 13.2 Å². The molecule has 0 aliphatic carbocycles. The van der Waals surface area contributed by atoms with E-state index in [0.29, 0.717) is 24.7 Å². The Kier molecular flexibility index (Phi) is 5.47. The summed E-state index contributed by atoms with van der Waals surface area (Å²) in [6, 6.07) is 6.19. The van der Waals surface area contributed by atoms with E-state index < -0.39 is 15.4 Å². The molecule has 0 radical (unpaired) electrons. The maximum Gasteiger partial charge on any atom is 0.243 e. The number of nitrogens with zero attached hydrogens (tertiary/aromatic N) is 1. The molecule has 122 valence electrons. The molecule has 2 rings (SSSR count). The Bertz CT molecular complexity index is 621. The van der Waals surface area contributed by atoms with Gasteiger partial charge in [-0.2, -0.15) is 4.31 Å². The van der Waals surface area contributed by atoms with Crippen LogP contribution in [0.25, 0.3) is 0 Å². The molecule has 1 fully saturated rings. The van der Waals surface area contributed by atoms with Crippen LogP contribution in [0.5, 0.6) is 0 Å². The van der Waals surface area contributed by atoms with Gasteiger partial charge in [-0.1, -0.05) is 6.92 Å². The Morgan fingerprint density at radius 3 is 2.32 bits per heavy atom. The number of benzene rings is 1. The van der Waals surface area contributed by atoms with Crippen LogP contribution < -0.4 is 5.32 Å². The summed E-state index contributed by atoms with van der Waals surface area (Å²) in [5, 5.41) is 1.99. The van der Waals surface area contributed by atoms with Gasteiger partial charge in [0, 0.05) is 18.8 Å². The molecule has 0 aromatic heterocycles. The molecule has 1 aliphatic rings. The van der Waals surface area contributed by atoms with E-state index in [9.17, 15) is 13.2 Å². The minimum atomic E-state index is -3.45. The first-order chi connectivity index (χ1) is 10.3. The Hall–Kier alpha value is -1.11. The van der Waals surface area contributed by atoms with Gasteiger partial charge in [0.1, 0.15) is 5.38 Å². The molecule has 1 aromatic carbocycles. The van der Waals surface area contributed by atoms with Crippen LogP contribution in [-0.4, -0.2) is 37.1 Å². The monoisotopic (exact) mass is 344 g/mol. The van der Waals surface area contributed by atoms with Gasteiger partial charge in [0.2, 0.25) is 15.9 Å². The van der Waals surface area contributed by atoms with Crippen molar-refractivity contribution in [3.63, 3.8) is 0 Å². The fraction of sp³-hybridized carbons (Fsp3) is 0.533. The van der Waals surface area contributed by atoms with Crippen molar-refractivity contribution in [1.29, 1.82) is 0 Å². The second kappa shape index (κ2) is 6.98. The van der Waals surface area contributed by atoms with Crippen LogP contribution in [0.15, 0.2) is 29.2 Å². The zero-order valence-electron chi connectivity index (χ0n) is 12.8. The first-order valence-electron chi connectivity index (χ1n) is 7.36. The Balaban J connectivity index is 2.10. The molecule has 5 nitrogen and oxygen atoms in total. The fourth-order valence-corrected chi connectivity index (χ4v) is 3.85. The number of nitrogens with one attached hydrogen (secondary N) is 1. The van der Waals surface area contributed by atoms with Crippen LogP contribution in [0.3, 0.4) is 0 Å². The lowest BCUT2D eigenvalue weighted by Gasteiger charge is -2.29. The number of alkyl halides is 1. The zero-order chi connectivity index (χ0) is 16.3. The smallest absolute Gasteiger partial charge is 0.243 e. The quantitative estimate of drug-likeness (QED) is 0.854. The molecule has 1 aromatic rings. The molecule has 1 N–H and O–H groups in total. The van der Waals surface area contributed by atoms with Crippen molar-refractivity contribution >= 4 is 33.2 Å². The molecule has 0 spiro atoms. The minimum absolute atomic E-state index is 0.249.